The van der Waals surface area contributed by atoms with E-state index in [0.29, 0.717) is 17.4 Å². The van der Waals surface area contributed by atoms with Crippen LogP contribution in [0.15, 0.2) is 60.8 Å². The van der Waals surface area contributed by atoms with Crippen molar-refractivity contribution in [2.24, 2.45) is 11.8 Å². The maximum Gasteiger partial charge on any atom is 0.242 e. The van der Waals surface area contributed by atoms with Gasteiger partial charge in [0.2, 0.25) is 6.43 Å². The third kappa shape index (κ3) is 5.18. The fourth-order valence-corrected chi connectivity index (χ4v) is 5.59. The number of nitrogens with one attached hydrogen (secondary N) is 2. The molecular formula is C29H34F2N4. The Labute approximate surface area is 206 Å². The van der Waals surface area contributed by atoms with E-state index in [9.17, 15) is 8.78 Å². The molecule has 2 aliphatic heterocycles. The SMILES string of the molecule is C=C1NCCC2CN(c3cc(-c4ccc(CCCNC)cc4)nc4cc(CC(F)F)ccc34)CC12. The largest absolute Gasteiger partial charge is 0.389 e. The highest BCUT2D eigenvalue weighted by molar-refractivity contribution is 5.95. The van der Waals surface area contributed by atoms with Gasteiger partial charge in [0.15, 0.2) is 0 Å². The van der Waals surface area contributed by atoms with E-state index in [1.54, 1.807) is 0 Å². The number of nitrogens with zero attached hydrogens (tertiary/aromatic N) is 2. The van der Waals surface area contributed by atoms with Crippen LogP contribution in [0.4, 0.5) is 14.5 Å². The van der Waals surface area contributed by atoms with Crippen molar-refractivity contribution in [3.8, 4) is 11.3 Å². The highest BCUT2D eigenvalue weighted by Gasteiger charge is 2.37. The van der Waals surface area contributed by atoms with E-state index in [2.05, 4.69) is 52.4 Å². The molecule has 0 bridgehead atoms. The van der Waals surface area contributed by atoms with Gasteiger partial charge < -0.3 is 15.5 Å². The van der Waals surface area contributed by atoms with Gasteiger partial charge in [0.05, 0.1) is 11.2 Å². The number of aryl methyl sites for hydroxylation is 1. The molecule has 0 amide bonds. The molecule has 5 rings (SSSR count). The van der Waals surface area contributed by atoms with Crippen molar-refractivity contribution in [1.29, 1.82) is 0 Å². The molecule has 3 heterocycles. The van der Waals surface area contributed by atoms with E-state index in [1.165, 1.54) is 5.56 Å². The van der Waals surface area contributed by atoms with Gasteiger partial charge in [-0.05, 0) is 62.0 Å². The molecule has 2 unspecified atom stereocenters. The summed E-state index contributed by atoms with van der Waals surface area (Å²) in [6, 6.07) is 16.4. The molecule has 6 heteroatoms. The number of piperidine rings is 1. The summed E-state index contributed by atoms with van der Waals surface area (Å²) in [5.41, 5.74) is 6.90. The molecule has 35 heavy (non-hydrogen) atoms. The van der Waals surface area contributed by atoms with E-state index in [4.69, 9.17) is 4.98 Å². The second-order valence-electron chi connectivity index (χ2n) is 9.89. The van der Waals surface area contributed by atoms with Gasteiger partial charge >= 0.3 is 0 Å². The smallest absolute Gasteiger partial charge is 0.242 e. The summed E-state index contributed by atoms with van der Waals surface area (Å²) in [5, 5.41) is 7.65. The lowest BCUT2D eigenvalue weighted by Crippen LogP contribution is -2.33. The van der Waals surface area contributed by atoms with Crippen molar-refractivity contribution in [2.75, 3.05) is 38.1 Å². The molecule has 2 fully saturated rings. The van der Waals surface area contributed by atoms with Crippen LogP contribution < -0.4 is 15.5 Å². The molecule has 2 N–H and O–H groups in total. The molecule has 184 valence electrons. The fraction of sp³-hybridized carbons (Fsp3) is 0.414. The first-order valence-corrected chi connectivity index (χ1v) is 12.6. The second kappa shape index (κ2) is 10.3. The minimum Gasteiger partial charge on any atom is -0.389 e. The van der Waals surface area contributed by atoms with Gasteiger partial charge in [0.25, 0.3) is 0 Å². The highest BCUT2D eigenvalue weighted by Crippen LogP contribution is 2.39. The fourth-order valence-electron chi connectivity index (χ4n) is 5.59. The standard InChI is InChI=1S/C29H34F2N4/c1-19-25-18-35(17-23(25)11-13-33-19)28-16-26(22-8-5-20(6-9-22)4-3-12-32-2)34-27-14-21(15-29(30)31)7-10-24(27)28/h5-10,14,16,23,25,29,32-33H,1,3-4,11-13,15,17-18H2,2H3. The van der Waals surface area contributed by atoms with E-state index in [1.807, 2.05) is 25.2 Å². The maximum atomic E-state index is 13.1. The normalized spacial score (nSPS) is 19.9. The van der Waals surface area contributed by atoms with Crippen LogP contribution in [-0.2, 0) is 12.8 Å². The quantitative estimate of drug-likeness (QED) is 0.426. The summed E-state index contributed by atoms with van der Waals surface area (Å²) >= 11 is 0. The van der Waals surface area contributed by atoms with Crippen LogP contribution in [-0.4, -0.2) is 44.6 Å². The Kier molecular flexibility index (Phi) is 7.00. The molecule has 0 aliphatic carbocycles. The minimum atomic E-state index is -2.37. The van der Waals surface area contributed by atoms with Crippen molar-refractivity contribution >= 4 is 16.6 Å². The minimum absolute atomic E-state index is 0.252. The summed E-state index contributed by atoms with van der Waals surface area (Å²) < 4.78 is 26.2. The van der Waals surface area contributed by atoms with Gasteiger partial charge in [0, 0.05) is 54.3 Å². The summed E-state index contributed by atoms with van der Waals surface area (Å²) in [6.45, 7) is 8.13. The Morgan fingerprint density at radius 2 is 1.91 bits per heavy atom. The first-order valence-electron chi connectivity index (χ1n) is 12.6. The molecule has 4 nitrogen and oxygen atoms in total. The molecule has 0 spiro atoms. The van der Waals surface area contributed by atoms with E-state index < -0.39 is 6.43 Å². The van der Waals surface area contributed by atoms with Gasteiger partial charge in [-0.2, -0.15) is 0 Å². The lowest BCUT2D eigenvalue weighted by Gasteiger charge is -2.27. The van der Waals surface area contributed by atoms with Gasteiger partial charge in [0.1, 0.15) is 0 Å². The number of aromatic nitrogens is 1. The van der Waals surface area contributed by atoms with Crippen LogP contribution in [0.5, 0.6) is 0 Å². The number of pyridine rings is 1. The molecule has 2 aromatic carbocycles. The topological polar surface area (TPSA) is 40.2 Å². The molecule has 3 aromatic rings. The van der Waals surface area contributed by atoms with Crippen molar-refractivity contribution in [2.45, 2.75) is 32.1 Å². The molecule has 1 aromatic heterocycles. The number of hydrogen-bond acceptors (Lipinski definition) is 4. The van der Waals surface area contributed by atoms with E-state index in [-0.39, 0.29) is 6.42 Å². The van der Waals surface area contributed by atoms with Gasteiger partial charge in [-0.1, -0.05) is 43.0 Å². The second-order valence-corrected chi connectivity index (χ2v) is 9.89. The Balaban J connectivity index is 1.52. The zero-order chi connectivity index (χ0) is 24.4. The number of anilines is 1. The van der Waals surface area contributed by atoms with Crippen molar-refractivity contribution in [3.05, 3.63) is 71.9 Å². The third-order valence-corrected chi connectivity index (χ3v) is 7.48. The molecule has 0 saturated carbocycles. The van der Waals surface area contributed by atoms with E-state index >= 15 is 0 Å². The van der Waals surface area contributed by atoms with Crippen LogP contribution in [0.2, 0.25) is 0 Å². The first kappa shape index (κ1) is 23.7. The van der Waals surface area contributed by atoms with Crippen LogP contribution in [0, 0.1) is 11.8 Å². The summed E-state index contributed by atoms with van der Waals surface area (Å²) in [7, 11) is 1.97. The van der Waals surface area contributed by atoms with Crippen LogP contribution in [0.25, 0.3) is 22.2 Å². The molecule has 0 radical (unpaired) electrons. The first-order chi connectivity index (χ1) is 17.0. The number of rotatable bonds is 8. The molecule has 2 saturated heterocycles. The molecular weight excluding hydrogens is 442 g/mol. The predicted molar refractivity (Wildman–Crippen MR) is 140 cm³/mol. The van der Waals surface area contributed by atoms with E-state index in [0.717, 1.165) is 79.0 Å². The average molecular weight is 477 g/mol. The lowest BCUT2D eigenvalue weighted by atomic mass is 9.87. The Morgan fingerprint density at radius 3 is 2.66 bits per heavy atom. The maximum absolute atomic E-state index is 13.1. The number of benzene rings is 2. The number of fused-ring (bicyclic) bond motifs is 2. The monoisotopic (exact) mass is 476 g/mol. The predicted octanol–water partition coefficient (Wildman–Crippen LogP) is 5.42. The molecule has 2 aliphatic rings. The van der Waals surface area contributed by atoms with Crippen LogP contribution in [0.3, 0.4) is 0 Å². The molecule has 2 atom stereocenters. The summed E-state index contributed by atoms with van der Waals surface area (Å²) in [6.07, 6.45) is 0.647. The third-order valence-electron chi connectivity index (χ3n) is 7.48. The van der Waals surface area contributed by atoms with Crippen LogP contribution in [0.1, 0.15) is 24.0 Å². The van der Waals surface area contributed by atoms with Crippen molar-refractivity contribution in [1.82, 2.24) is 15.6 Å². The zero-order valence-electron chi connectivity index (χ0n) is 20.4. The van der Waals surface area contributed by atoms with Gasteiger partial charge in [-0.25, -0.2) is 13.8 Å². The van der Waals surface area contributed by atoms with Crippen molar-refractivity contribution in [3.63, 3.8) is 0 Å². The number of halogens is 2. The lowest BCUT2D eigenvalue weighted by molar-refractivity contribution is 0.149. The van der Waals surface area contributed by atoms with Crippen molar-refractivity contribution < 1.29 is 8.78 Å². The number of hydrogen-bond donors (Lipinski definition) is 2. The zero-order valence-corrected chi connectivity index (χ0v) is 20.4. The summed E-state index contributed by atoms with van der Waals surface area (Å²) in [5.74, 6) is 1.02. The Bertz CT molecular complexity index is 1190. The number of alkyl halides is 2. The summed E-state index contributed by atoms with van der Waals surface area (Å²) in [4.78, 5) is 7.39. The Morgan fingerprint density at radius 1 is 1.11 bits per heavy atom. The Hall–Kier alpha value is -2.99. The van der Waals surface area contributed by atoms with Crippen LogP contribution >= 0.6 is 0 Å². The van der Waals surface area contributed by atoms with Gasteiger partial charge in [-0.3, -0.25) is 0 Å². The average Bonchev–Trinajstić information content (AvgIpc) is 3.29. The highest BCUT2D eigenvalue weighted by atomic mass is 19.3. The van der Waals surface area contributed by atoms with Gasteiger partial charge in [-0.15, -0.1) is 0 Å².